The first kappa shape index (κ1) is 10.0. The van der Waals surface area contributed by atoms with E-state index in [2.05, 4.69) is 20.8 Å². The molecule has 72 valence electrons. The standard InChI is InChI=1S/C11H22O/c1-4-7-10-8-9-11(5-2,6-3)12-10/h10H,4-9H2,1-3H3. The van der Waals surface area contributed by atoms with E-state index in [9.17, 15) is 0 Å². The molecule has 1 heterocycles. The molecular formula is C11H22O. The van der Waals surface area contributed by atoms with Gasteiger partial charge in [0.1, 0.15) is 0 Å². The minimum Gasteiger partial charge on any atom is -0.372 e. The second-order valence-electron chi connectivity index (χ2n) is 3.96. The van der Waals surface area contributed by atoms with Gasteiger partial charge in [-0.25, -0.2) is 0 Å². The van der Waals surface area contributed by atoms with Crippen LogP contribution in [0.3, 0.4) is 0 Å². The van der Waals surface area contributed by atoms with E-state index in [0.29, 0.717) is 6.10 Å². The van der Waals surface area contributed by atoms with Crippen molar-refractivity contribution in [1.29, 1.82) is 0 Å². The van der Waals surface area contributed by atoms with Crippen LogP contribution in [-0.2, 0) is 4.74 Å². The van der Waals surface area contributed by atoms with Crippen LogP contribution < -0.4 is 0 Å². The Balaban J connectivity index is 2.41. The second kappa shape index (κ2) is 4.27. The van der Waals surface area contributed by atoms with Gasteiger partial charge in [0.15, 0.2) is 0 Å². The molecule has 0 saturated carbocycles. The molecule has 12 heavy (non-hydrogen) atoms. The summed E-state index contributed by atoms with van der Waals surface area (Å²) in [6.07, 6.45) is 8.01. The molecule has 1 aliphatic rings. The van der Waals surface area contributed by atoms with Crippen molar-refractivity contribution in [2.45, 2.75) is 71.0 Å². The van der Waals surface area contributed by atoms with Gasteiger partial charge in [-0.15, -0.1) is 0 Å². The SMILES string of the molecule is CCCC1CCC(CC)(CC)O1. The molecule has 0 bridgehead atoms. The lowest BCUT2D eigenvalue weighted by atomic mass is 9.94. The van der Waals surface area contributed by atoms with Crippen molar-refractivity contribution in [3.8, 4) is 0 Å². The van der Waals surface area contributed by atoms with Crippen LogP contribution in [-0.4, -0.2) is 11.7 Å². The normalized spacial score (nSPS) is 27.8. The van der Waals surface area contributed by atoms with Crippen LogP contribution in [0.25, 0.3) is 0 Å². The average molecular weight is 170 g/mol. The van der Waals surface area contributed by atoms with Crippen molar-refractivity contribution in [3.05, 3.63) is 0 Å². The molecule has 1 unspecified atom stereocenters. The summed E-state index contributed by atoms with van der Waals surface area (Å²) >= 11 is 0. The van der Waals surface area contributed by atoms with Gasteiger partial charge in [0.05, 0.1) is 11.7 Å². The van der Waals surface area contributed by atoms with E-state index in [-0.39, 0.29) is 5.60 Å². The number of hydrogen-bond donors (Lipinski definition) is 0. The Morgan fingerprint density at radius 2 is 1.92 bits per heavy atom. The van der Waals surface area contributed by atoms with Gasteiger partial charge in [0, 0.05) is 0 Å². The largest absolute Gasteiger partial charge is 0.372 e. The summed E-state index contributed by atoms with van der Waals surface area (Å²) in [4.78, 5) is 0. The summed E-state index contributed by atoms with van der Waals surface area (Å²) in [5, 5.41) is 0. The molecular weight excluding hydrogens is 148 g/mol. The van der Waals surface area contributed by atoms with E-state index in [4.69, 9.17) is 4.74 Å². The smallest absolute Gasteiger partial charge is 0.0682 e. The Hall–Kier alpha value is -0.0400. The van der Waals surface area contributed by atoms with E-state index >= 15 is 0 Å². The van der Waals surface area contributed by atoms with E-state index < -0.39 is 0 Å². The minimum atomic E-state index is 0.250. The molecule has 1 aliphatic heterocycles. The molecule has 0 aromatic rings. The zero-order chi connectivity index (χ0) is 9.03. The summed E-state index contributed by atoms with van der Waals surface area (Å²) in [5.41, 5.74) is 0.250. The predicted molar refractivity (Wildman–Crippen MR) is 52.3 cm³/mol. The van der Waals surface area contributed by atoms with E-state index in [1.54, 1.807) is 0 Å². The highest BCUT2D eigenvalue weighted by molar-refractivity contribution is 4.86. The second-order valence-corrected chi connectivity index (χ2v) is 3.96. The molecule has 0 spiro atoms. The van der Waals surface area contributed by atoms with Gasteiger partial charge in [-0.1, -0.05) is 27.2 Å². The molecule has 1 fully saturated rings. The third-order valence-corrected chi connectivity index (χ3v) is 3.24. The van der Waals surface area contributed by atoms with Gasteiger partial charge in [0.25, 0.3) is 0 Å². The predicted octanol–water partition coefficient (Wildman–Crippen LogP) is 3.52. The molecule has 1 rings (SSSR count). The quantitative estimate of drug-likeness (QED) is 0.627. The van der Waals surface area contributed by atoms with E-state index in [1.807, 2.05) is 0 Å². The van der Waals surface area contributed by atoms with Gasteiger partial charge < -0.3 is 4.74 Å². The minimum absolute atomic E-state index is 0.250. The van der Waals surface area contributed by atoms with Crippen molar-refractivity contribution in [2.75, 3.05) is 0 Å². The van der Waals surface area contributed by atoms with Crippen LogP contribution >= 0.6 is 0 Å². The average Bonchev–Trinajstić information content (AvgIpc) is 2.50. The fourth-order valence-corrected chi connectivity index (χ4v) is 2.19. The van der Waals surface area contributed by atoms with Gasteiger partial charge in [-0.05, 0) is 32.1 Å². The van der Waals surface area contributed by atoms with Gasteiger partial charge in [-0.3, -0.25) is 0 Å². The fraction of sp³-hybridized carbons (Fsp3) is 1.00. The lowest BCUT2D eigenvalue weighted by molar-refractivity contribution is -0.0486. The summed E-state index contributed by atoms with van der Waals surface area (Å²) in [6.45, 7) is 6.73. The van der Waals surface area contributed by atoms with Crippen LogP contribution in [0.1, 0.15) is 59.3 Å². The molecule has 0 aromatic heterocycles. The van der Waals surface area contributed by atoms with Gasteiger partial charge in [-0.2, -0.15) is 0 Å². The molecule has 1 atom stereocenters. The van der Waals surface area contributed by atoms with E-state index in [1.165, 1.54) is 38.5 Å². The van der Waals surface area contributed by atoms with Crippen molar-refractivity contribution in [2.24, 2.45) is 0 Å². The lowest BCUT2D eigenvalue weighted by Crippen LogP contribution is -2.27. The molecule has 0 aliphatic carbocycles. The van der Waals surface area contributed by atoms with Crippen LogP contribution in [0.5, 0.6) is 0 Å². The maximum Gasteiger partial charge on any atom is 0.0682 e. The van der Waals surface area contributed by atoms with Crippen molar-refractivity contribution >= 4 is 0 Å². The molecule has 0 aromatic carbocycles. The third kappa shape index (κ3) is 2.01. The summed E-state index contributed by atoms with van der Waals surface area (Å²) < 4.78 is 6.09. The maximum absolute atomic E-state index is 6.09. The topological polar surface area (TPSA) is 9.23 Å². The number of ether oxygens (including phenoxy) is 1. The van der Waals surface area contributed by atoms with Gasteiger partial charge >= 0.3 is 0 Å². The highest BCUT2D eigenvalue weighted by Crippen LogP contribution is 2.37. The Kier molecular flexibility index (Phi) is 3.57. The van der Waals surface area contributed by atoms with E-state index in [0.717, 1.165) is 0 Å². The summed E-state index contributed by atoms with van der Waals surface area (Å²) in [5.74, 6) is 0. The first-order valence-electron chi connectivity index (χ1n) is 5.44. The zero-order valence-electron chi connectivity index (χ0n) is 8.73. The third-order valence-electron chi connectivity index (χ3n) is 3.24. The van der Waals surface area contributed by atoms with Crippen LogP contribution in [0, 0.1) is 0 Å². The lowest BCUT2D eigenvalue weighted by Gasteiger charge is -2.26. The number of hydrogen-bond acceptors (Lipinski definition) is 1. The first-order chi connectivity index (χ1) is 5.76. The Morgan fingerprint density at radius 3 is 2.33 bits per heavy atom. The molecule has 0 N–H and O–H groups in total. The fourth-order valence-electron chi connectivity index (χ4n) is 2.19. The first-order valence-corrected chi connectivity index (χ1v) is 5.44. The molecule has 1 saturated heterocycles. The maximum atomic E-state index is 6.09. The molecule has 1 nitrogen and oxygen atoms in total. The number of rotatable bonds is 4. The van der Waals surface area contributed by atoms with Crippen LogP contribution in [0.15, 0.2) is 0 Å². The summed E-state index contributed by atoms with van der Waals surface area (Å²) in [7, 11) is 0. The summed E-state index contributed by atoms with van der Waals surface area (Å²) in [6, 6.07) is 0. The van der Waals surface area contributed by atoms with Gasteiger partial charge in [0.2, 0.25) is 0 Å². The van der Waals surface area contributed by atoms with Crippen molar-refractivity contribution in [1.82, 2.24) is 0 Å². The monoisotopic (exact) mass is 170 g/mol. The van der Waals surface area contributed by atoms with Crippen LogP contribution in [0.4, 0.5) is 0 Å². The highest BCUT2D eigenvalue weighted by Gasteiger charge is 2.36. The highest BCUT2D eigenvalue weighted by atomic mass is 16.5. The Morgan fingerprint density at radius 1 is 1.25 bits per heavy atom. The van der Waals surface area contributed by atoms with Crippen molar-refractivity contribution < 1.29 is 4.74 Å². The Bertz CT molecular complexity index is 127. The molecule has 1 heteroatoms. The molecule has 0 amide bonds. The molecule has 0 radical (unpaired) electrons. The Labute approximate surface area is 76.5 Å². The van der Waals surface area contributed by atoms with Crippen LogP contribution in [0.2, 0.25) is 0 Å². The van der Waals surface area contributed by atoms with Crippen molar-refractivity contribution in [3.63, 3.8) is 0 Å². The zero-order valence-corrected chi connectivity index (χ0v) is 8.73.